The molecule has 0 aliphatic heterocycles. The van der Waals surface area contributed by atoms with Crippen molar-refractivity contribution in [2.75, 3.05) is 5.32 Å². The zero-order chi connectivity index (χ0) is 30.3. The topological polar surface area (TPSA) is 75.3 Å². The van der Waals surface area contributed by atoms with Crippen LogP contribution in [0.4, 0.5) is 5.69 Å². The largest absolute Gasteiger partial charge is 0.321 e. The molecular weight excluding hydrogens is 544 g/mol. The lowest BCUT2D eigenvalue weighted by molar-refractivity contribution is -0.113. The Morgan fingerprint density at radius 3 is 1.77 bits per heavy atom. The molecule has 5 heteroatoms. The molecule has 0 aliphatic carbocycles. The fraction of sp³-hybridized carbons (Fsp3) is 0. The smallest absolute Gasteiger partial charge is 0.272 e. The van der Waals surface area contributed by atoms with Gasteiger partial charge < -0.3 is 10.6 Å². The molecule has 6 aromatic carbocycles. The van der Waals surface area contributed by atoms with Crippen LogP contribution in [0.1, 0.15) is 31.8 Å². The van der Waals surface area contributed by atoms with E-state index < -0.39 is 11.8 Å². The Bertz CT molecular complexity index is 2050. The normalized spacial score (nSPS) is 11.5. The Labute approximate surface area is 255 Å². The molecular formula is C39H28N2O3. The molecule has 5 nitrogen and oxygen atoms in total. The Morgan fingerprint density at radius 2 is 1.09 bits per heavy atom. The van der Waals surface area contributed by atoms with Crippen LogP contribution in [0.5, 0.6) is 0 Å². The number of allylic oxidation sites excluding steroid dienone is 1. The average Bonchev–Trinajstić information content (AvgIpc) is 3.07. The molecule has 0 fully saturated rings. The molecule has 6 aromatic rings. The predicted molar refractivity (Wildman–Crippen MR) is 178 cm³/mol. The number of fused-ring (bicyclic) bond motifs is 2. The maximum atomic E-state index is 13.5. The van der Waals surface area contributed by atoms with Gasteiger partial charge in [-0.3, -0.25) is 14.4 Å². The van der Waals surface area contributed by atoms with Gasteiger partial charge in [0.15, 0.2) is 5.78 Å². The van der Waals surface area contributed by atoms with Crippen molar-refractivity contribution < 1.29 is 14.4 Å². The number of amides is 2. The van der Waals surface area contributed by atoms with Gasteiger partial charge in [0.05, 0.1) is 0 Å². The number of ketones is 1. The second-order valence-corrected chi connectivity index (χ2v) is 10.2. The minimum absolute atomic E-state index is 0.0911. The molecule has 0 unspecified atom stereocenters. The summed E-state index contributed by atoms with van der Waals surface area (Å²) in [6.45, 7) is 0. The molecule has 0 saturated carbocycles. The van der Waals surface area contributed by atoms with Crippen LogP contribution in [0, 0.1) is 0 Å². The zero-order valence-corrected chi connectivity index (χ0v) is 23.7. The summed E-state index contributed by atoms with van der Waals surface area (Å²) in [5.41, 5.74) is 3.26. The van der Waals surface area contributed by atoms with Crippen LogP contribution in [0.15, 0.2) is 151 Å². The SMILES string of the molecule is O=C(Nc1ccc(C(=O)/C=C/c2cccc3ccccc23)cc1)/C(=C/c1cccc2ccccc12)NC(=O)c1ccccc1. The first-order valence-corrected chi connectivity index (χ1v) is 14.2. The minimum atomic E-state index is -0.489. The monoisotopic (exact) mass is 572 g/mol. The van der Waals surface area contributed by atoms with Crippen LogP contribution >= 0.6 is 0 Å². The van der Waals surface area contributed by atoms with Crippen LogP contribution in [-0.4, -0.2) is 17.6 Å². The van der Waals surface area contributed by atoms with Crippen molar-refractivity contribution >= 4 is 57.0 Å². The Kier molecular flexibility index (Phi) is 8.19. The first kappa shape index (κ1) is 28.1. The van der Waals surface area contributed by atoms with Crippen molar-refractivity contribution in [1.82, 2.24) is 5.32 Å². The molecule has 0 aromatic heterocycles. The zero-order valence-electron chi connectivity index (χ0n) is 23.7. The molecule has 212 valence electrons. The quantitative estimate of drug-likeness (QED) is 0.142. The molecule has 2 N–H and O–H groups in total. The van der Waals surface area contributed by atoms with Gasteiger partial charge in [-0.2, -0.15) is 0 Å². The van der Waals surface area contributed by atoms with E-state index in [2.05, 4.69) is 10.6 Å². The number of carbonyl (C=O) groups excluding carboxylic acids is 3. The second kappa shape index (κ2) is 12.8. The lowest BCUT2D eigenvalue weighted by atomic mass is 10.0. The third-order valence-corrected chi connectivity index (χ3v) is 7.32. The summed E-state index contributed by atoms with van der Waals surface area (Å²) in [4.78, 5) is 39.5. The van der Waals surface area contributed by atoms with E-state index in [-0.39, 0.29) is 11.5 Å². The molecule has 0 bridgehead atoms. The maximum absolute atomic E-state index is 13.5. The number of hydrogen-bond acceptors (Lipinski definition) is 3. The summed E-state index contributed by atoms with van der Waals surface area (Å²) in [7, 11) is 0. The molecule has 0 spiro atoms. The van der Waals surface area contributed by atoms with Gasteiger partial charge in [-0.05, 0) is 81.2 Å². The van der Waals surface area contributed by atoms with Crippen molar-refractivity contribution in [1.29, 1.82) is 0 Å². The standard InChI is InChI=1S/C39H28N2O3/c42-37(25-22-29-16-8-14-27-10-4-6-18-34(27)29)30-20-23-33(24-21-30)40-39(44)36(41-38(43)31-12-2-1-3-13-31)26-32-17-9-15-28-11-5-7-19-35(28)32/h1-26H,(H,40,44)(H,41,43)/b25-22+,36-26-. The number of hydrogen-bond donors (Lipinski definition) is 2. The molecule has 6 rings (SSSR count). The number of benzene rings is 6. The van der Waals surface area contributed by atoms with Crippen molar-refractivity contribution in [3.05, 3.63) is 174 Å². The minimum Gasteiger partial charge on any atom is -0.321 e. The average molecular weight is 573 g/mol. The van der Waals surface area contributed by atoms with Crippen molar-refractivity contribution in [3.63, 3.8) is 0 Å². The molecule has 0 saturated heterocycles. The number of anilines is 1. The summed E-state index contributed by atoms with van der Waals surface area (Å²) in [6.07, 6.45) is 5.05. The van der Waals surface area contributed by atoms with Gasteiger partial charge >= 0.3 is 0 Å². The molecule has 0 heterocycles. The number of rotatable bonds is 8. The van der Waals surface area contributed by atoms with Gasteiger partial charge in [-0.1, -0.05) is 109 Å². The Hall–Kier alpha value is -6.07. The maximum Gasteiger partial charge on any atom is 0.272 e. The van der Waals surface area contributed by atoms with E-state index in [0.29, 0.717) is 16.8 Å². The van der Waals surface area contributed by atoms with Gasteiger partial charge in [-0.25, -0.2) is 0 Å². The van der Waals surface area contributed by atoms with Gasteiger partial charge in [0.25, 0.3) is 11.8 Å². The van der Waals surface area contributed by atoms with Gasteiger partial charge in [0.2, 0.25) is 0 Å². The summed E-state index contributed by atoms with van der Waals surface area (Å²) in [5, 5.41) is 9.80. The molecule has 0 atom stereocenters. The van der Waals surface area contributed by atoms with Crippen LogP contribution < -0.4 is 10.6 Å². The highest BCUT2D eigenvalue weighted by Gasteiger charge is 2.16. The Morgan fingerprint density at radius 1 is 0.523 bits per heavy atom. The van der Waals surface area contributed by atoms with Crippen molar-refractivity contribution in [2.45, 2.75) is 0 Å². The summed E-state index contributed by atoms with van der Waals surface area (Å²) in [6, 6.07) is 43.1. The van der Waals surface area contributed by atoms with E-state index in [1.165, 1.54) is 0 Å². The predicted octanol–water partition coefficient (Wildman–Crippen LogP) is 8.30. The van der Waals surface area contributed by atoms with Crippen LogP contribution in [0.3, 0.4) is 0 Å². The molecule has 0 aliphatic rings. The lowest BCUT2D eigenvalue weighted by Crippen LogP contribution is -2.30. The summed E-state index contributed by atoms with van der Waals surface area (Å²) in [5.74, 6) is -1.04. The van der Waals surface area contributed by atoms with Gasteiger partial charge in [0.1, 0.15) is 5.70 Å². The van der Waals surface area contributed by atoms with E-state index in [0.717, 1.165) is 32.7 Å². The van der Waals surface area contributed by atoms with E-state index in [1.54, 1.807) is 60.7 Å². The van der Waals surface area contributed by atoms with E-state index in [4.69, 9.17) is 0 Å². The van der Waals surface area contributed by atoms with Crippen LogP contribution in [0.2, 0.25) is 0 Å². The first-order chi connectivity index (χ1) is 21.5. The van der Waals surface area contributed by atoms with Crippen molar-refractivity contribution in [2.24, 2.45) is 0 Å². The third-order valence-electron chi connectivity index (χ3n) is 7.32. The van der Waals surface area contributed by atoms with Gasteiger partial charge in [-0.15, -0.1) is 0 Å². The summed E-state index contributed by atoms with van der Waals surface area (Å²) < 4.78 is 0. The van der Waals surface area contributed by atoms with E-state index in [9.17, 15) is 14.4 Å². The third kappa shape index (κ3) is 6.37. The number of nitrogens with one attached hydrogen (secondary N) is 2. The van der Waals surface area contributed by atoms with Crippen molar-refractivity contribution in [3.8, 4) is 0 Å². The fourth-order valence-corrected chi connectivity index (χ4v) is 5.05. The Balaban J connectivity index is 1.22. The van der Waals surface area contributed by atoms with Gasteiger partial charge in [0, 0.05) is 16.8 Å². The highest BCUT2D eigenvalue weighted by atomic mass is 16.2. The molecule has 44 heavy (non-hydrogen) atoms. The van der Waals surface area contributed by atoms with Crippen LogP contribution in [0.25, 0.3) is 33.7 Å². The first-order valence-electron chi connectivity index (χ1n) is 14.2. The molecule has 0 radical (unpaired) electrons. The lowest BCUT2D eigenvalue weighted by Gasteiger charge is -2.12. The second-order valence-electron chi connectivity index (χ2n) is 10.2. The highest BCUT2D eigenvalue weighted by Crippen LogP contribution is 2.22. The van der Waals surface area contributed by atoms with E-state index in [1.807, 2.05) is 97.1 Å². The highest BCUT2D eigenvalue weighted by molar-refractivity contribution is 6.12. The van der Waals surface area contributed by atoms with E-state index >= 15 is 0 Å². The van der Waals surface area contributed by atoms with Crippen LogP contribution in [-0.2, 0) is 4.79 Å². The molecule has 2 amide bonds. The summed E-state index contributed by atoms with van der Waals surface area (Å²) >= 11 is 0. The fourth-order valence-electron chi connectivity index (χ4n) is 5.05. The number of carbonyl (C=O) groups is 3.